The maximum atomic E-state index is 4.97. The van der Waals surface area contributed by atoms with Crippen molar-refractivity contribution in [2.75, 3.05) is 0 Å². The Hall–Kier alpha value is 1.38. The molecule has 1 fully saturated rings. The van der Waals surface area contributed by atoms with Crippen LogP contribution in [0, 0.1) is 0 Å². The van der Waals surface area contributed by atoms with Gasteiger partial charge >= 0.3 is 5.31 Å². The van der Waals surface area contributed by atoms with Gasteiger partial charge in [0.15, 0.2) is 0 Å². The van der Waals surface area contributed by atoms with E-state index in [1.54, 1.807) is 0 Å². The normalized spacial score (nSPS) is 18.5. The lowest BCUT2D eigenvalue weighted by molar-refractivity contribution is 0.504. The second kappa shape index (κ2) is 6.85. The van der Waals surface area contributed by atoms with Crippen molar-refractivity contribution in [1.29, 1.82) is 0 Å². The van der Waals surface area contributed by atoms with Gasteiger partial charge in [-0.05, 0) is 0 Å². The van der Waals surface area contributed by atoms with Gasteiger partial charge in [0.05, 0.1) is 0 Å². The Bertz CT molecular complexity index is 69.6. The molecule has 0 unspecified atom stereocenters. The molecule has 0 saturated heterocycles. The van der Waals surface area contributed by atoms with Gasteiger partial charge in [-0.2, -0.15) is 0 Å². The quantitative estimate of drug-likeness (QED) is 0.433. The Morgan fingerprint density at radius 3 is 0.727 bits per heavy atom. The molecule has 1 rings (SSSR count). The monoisotopic (exact) mass is 252 g/mol. The highest BCUT2D eigenvalue weighted by atomic mass is 36.0. The first kappa shape index (κ1) is 12.4. The number of rotatable bonds is 0. The second-order valence-electron chi connectivity index (χ2n) is 2.55. The fraction of sp³-hybridized carbons (Fsp3) is 1.00. The Morgan fingerprint density at radius 2 is 0.636 bits per heavy atom. The molecule has 0 amide bonds. The van der Waals surface area contributed by atoms with Gasteiger partial charge in [0.2, 0.25) is 0 Å². The van der Waals surface area contributed by atoms with Crippen LogP contribution >= 0.6 is 44.3 Å². The van der Waals surface area contributed by atoms with Gasteiger partial charge in [-0.15, -0.1) is 44.3 Å². The van der Waals surface area contributed by atoms with Crippen LogP contribution < -0.4 is 0 Å². The van der Waals surface area contributed by atoms with E-state index in [-0.39, 0.29) is 0 Å². The summed E-state index contributed by atoms with van der Waals surface area (Å²) in [5.41, 5.74) is 0. The van der Waals surface area contributed by atoms with Crippen molar-refractivity contribution in [3.8, 4) is 0 Å². The predicted octanol–water partition coefficient (Wildman–Crippen LogP) is 4.72. The Labute approximate surface area is 88.0 Å². The molecule has 11 heavy (non-hydrogen) atoms. The molecule has 0 aliphatic heterocycles. The Morgan fingerprint density at radius 1 is 0.545 bits per heavy atom. The van der Waals surface area contributed by atoms with E-state index < -0.39 is 5.31 Å². The summed E-state index contributed by atoms with van der Waals surface area (Å²) in [5, 5.41) is -2.72. The average Bonchev–Trinajstić information content (AvgIpc) is 1.88. The topological polar surface area (TPSA) is 0 Å². The minimum absolute atomic E-state index is 1.50. The van der Waals surface area contributed by atoms with E-state index in [0.29, 0.717) is 0 Å². The molecule has 0 nitrogen and oxygen atoms in total. The molecule has 0 aromatic rings. The van der Waals surface area contributed by atoms with Gasteiger partial charge in [0, 0.05) is 0 Å². The molecule has 1 aliphatic rings. The number of hydrogen-bond acceptors (Lipinski definition) is 0. The average molecular weight is 254 g/mol. The van der Waals surface area contributed by atoms with Crippen LogP contribution in [0.3, 0.4) is 0 Å². The molecular formula is C6H12Cl4Si. The molecule has 1 aliphatic carbocycles. The van der Waals surface area contributed by atoms with E-state index in [1.807, 2.05) is 0 Å². The van der Waals surface area contributed by atoms with Crippen LogP contribution in [0.2, 0.25) is 0 Å². The summed E-state index contributed by atoms with van der Waals surface area (Å²) in [6, 6.07) is 0. The molecule has 0 spiro atoms. The van der Waals surface area contributed by atoms with Gasteiger partial charge in [-0.25, -0.2) is 0 Å². The molecule has 0 bridgehead atoms. The first-order chi connectivity index (χ1) is 5.00. The van der Waals surface area contributed by atoms with Gasteiger partial charge in [-0.1, -0.05) is 38.5 Å². The first-order valence-electron chi connectivity index (χ1n) is 3.76. The van der Waals surface area contributed by atoms with Crippen molar-refractivity contribution in [1.82, 2.24) is 0 Å². The third-order valence-electron chi connectivity index (χ3n) is 1.50. The van der Waals surface area contributed by atoms with Crippen molar-refractivity contribution in [2.45, 2.75) is 38.5 Å². The minimum atomic E-state index is -2.72. The van der Waals surface area contributed by atoms with Crippen LogP contribution in [0.5, 0.6) is 0 Å². The van der Waals surface area contributed by atoms with Gasteiger partial charge in [0.25, 0.3) is 0 Å². The van der Waals surface area contributed by atoms with Gasteiger partial charge in [-0.3, -0.25) is 0 Å². The van der Waals surface area contributed by atoms with Gasteiger partial charge < -0.3 is 0 Å². The first-order valence-corrected chi connectivity index (χ1v) is 9.80. The molecule has 0 heterocycles. The summed E-state index contributed by atoms with van der Waals surface area (Å²) in [6.45, 7) is 0. The van der Waals surface area contributed by atoms with Crippen molar-refractivity contribution >= 4 is 49.6 Å². The summed E-state index contributed by atoms with van der Waals surface area (Å²) >= 11 is 19.9. The molecule has 0 aromatic heterocycles. The third-order valence-corrected chi connectivity index (χ3v) is 1.50. The fourth-order valence-corrected chi connectivity index (χ4v) is 1.06. The van der Waals surface area contributed by atoms with Crippen molar-refractivity contribution in [3.63, 3.8) is 0 Å². The molecule has 68 valence electrons. The zero-order chi connectivity index (χ0) is 8.74. The summed E-state index contributed by atoms with van der Waals surface area (Å²) < 4.78 is 0. The maximum Gasteiger partial charge on any atom is 0.440 e. The molecule has 0 radical (unpaired) electrons. The summed E-state index contributed by atoms with van der Waals surface area (Å²) in [4.78, 5) is 0. The minimum Gasteiger partial charge on any atom is -0.110 e. The maximum absolute atomic E-state index is 4.97. The van der Waals surface area contributed by atoms with Crippen LogP contribution in [0.15, 0.2) is 0 Å². The van der Waals surface area contributed by atoms with Crippen LogP contribution in [-0.4, -0.2) is 5.31 Å². The smallest absolute Gasteiger partial charge is 0.110 e. The number of halogens is 4. The highest BCUT2D eigenvalue weighted by molar-refractivity contribution is 7.81. The largest absolute Gasteiger partial charge is 0.440 e. The lowest BCUT2D eigenvalue weighted by Gasteiger charge is -2.05. The van der Waals surface area contributed by atoms with Crippen LogP contribution in [0.1, 0.15) is 38.5 Å². The van der Waals surface area contributed by atoms with Crippen molar-refractivity contribution < 1.29 is 0 Å². The summed E-state index contributed by atoms with van der Waals surface area (Å²) in [5.74, 6) is 0. The lowest BCUT2D eigenvalue weighted by atomic mass is 10.0. The molecule has 0 atom stereocenters. The molecule has 1 saturated carbocycles. The molecule has 0 N–H and O–H groups in total. The van der Waals surface area contributed by atoms with E-state index in [0.717, 1.165) is 0 Å². The van der Waals surface area contributed by atoms with E-state index in [9.17, 15) is 0 Å². The van der Waals surface area contributed by atoms with Crippen LogP contribution in [-0.2, 0) is 0 Å². The van der Waals surface area contributed by atoms with Crippen molar-refractivity contribution in [3.05, 3.63) is 0 Å². The lowest BCUT2D eigenvalue weighted by Crippen LogP contribution is -1.91. The molecule has 5 heteroatoms. The SMILES string of the molecule is C1CCCCC1.Cl[Si](Cl)(Cl)Cl. The fourth-order valence-electron chi connectivity index (χ4n) is 1.06. The van der Waals surface area contributed by atoms with Crippen LogP contribution in [0.25, 0.3) is 0 Å². The summed E-state index contributed by atoms with van der Waals surface area (Å²) in [6.07, 6.45) is 9.00. The highest BCUT2D eigenvalue weighted by Crippen LogP contribution is 2.23. The zero-order valence-electron chi connectivity index (χ0n) is 6.25. The molecular weight excluding hydrogens is 242 g/mol. The van der Waals surface area contributed by atoms with E-state index in [2.05, 4.69) is 0 Å². The van der Waals surface area contributed by atoms with E-state index in [1.165, 1.54) is 38.5 Å². The second-order valence-corrected chi connectivity index (χ2v) is 13.7. The molecule has 0 aromatic carbocycles. The van der Waals surface area contributed by atoms with Crippen LogP contribution in [0.4, 0.5) is 0 Å². The standard InChI is InChI=1S/C6H12.Cl4Si/c1-2-4-6-5-3-1;1-5(2,3)4/h1-6H2;. The third kappa shape index (κ3) is 18.4. The van der Waals surface area contributed by atoms with Gasteiger partial charge in [0.1, 0.15) is 0 Å². The Balaban J connectivity index is 0.000000187. The highest BCUT2D eigenvalue weighted by Gasteiger charge is 2.19. The van der Waals surface area contributed by atoms with E-state index in [4.69, 9.17) is 44.3 Å². The Kier molecular flexibility index (Phi) is 7.70. The van der Waals surface area contributed by atoms with E-state index >= 15 is 0 Å². The summed E-state index contributed by atoms with van der Waals surface area (Å²) in [7, 11) is 0. The zero-order valence-corrected chi connectivity index (χ0v) is 10.3. The number of hydrogen-bond donors (Lipinski definition) is 0. The predicted molar refractivity (Wildman–Crippen MR) is 56.9 cm³/mol. The van der Waals surface area contributed by atoms with Crippen molar-refractivity contribution in [2.24, 2.45) is 0 Å².